The lowest BCUT2D eigenvalue weighted by Gasteiger charge is -2.32. The van der Waals surface area contributed by atoms with E-state index >= 15 is 0 Å². The number of piperidine rings is 1. The van der Waals surface area contributed by atoms with Crippen molar-refractivity contribution in [3.05, 3.63) is 29.1 Å². The number of thiazole rings is 1. The third-order valence-electron chi connectivity index (χ3n) is 3.48. The monoisotopic (exact) mass is 357 g/mol. The molecule has 9 heteroatoms. The van der Waals surface area contributed by atoms with E-state index in [0.717, 1.165) is 12.8 Å². The number of nitrogens with zero attached hydrogens (tertiary/aromatic N) is 2. The van der Waals surface area contributed by atoms with Crippen molar-refractivity contribution in [3.8, 4) is 0 Å². The summed E-state index contributed by atoms with van der Waals surface area (Å²) in [6, 6.07) is 2.60. The Hall–Kier alpha value is -1.29. The van der Waals surface area contributed by atoms with Gasteiger partial charge in [-0.15, -0.1) is 22.7 Å². The van der Waals surface area contributed by atoms with E-state index in [9.17, 15) is 13.2 Å². The Labute approximate surface area is 136 Å². The van der Waals surface area contributed by atoms with E-state index in [4.69, 9.17) is 0 Å². The SMILES string of the molecule is O=C(Nc1nccs1)[C@H]1CCCCN1S(=O)(=O)c1cccs1. The smallest absolute Gasteiger partial charge is 0.253 e. The second-order valence-electron chi connectivity index (χ2n) is 4.89. The van der Waals surface area contributed by atoms with Crippen LogP contribution in [0.2, 0.25) is 0 Å². The topological polar surface area (TPSA) is 79.4 Å². The van der Waals surface area contributed by atoms with E-state index in [-0.39, 0.29) is 10.1 Å². The van der Waals surface area contributed by atoms with Gasteiger partial charge in [-0.05, 0) is 24.3 Å². The minimum absolute atomic E-state index is 0.279. The Bertz CT molecular complexity index is 726. The highest BCUT2D eigenvalue weighted by molar-refractivity contribution is 7.91. The second kappa shape index (κ2) is 6.45. The van der Waals surface area contributed by atoms with Crippen LogP contribution in [0.3, 0.4) is 0 Å². The van der Waals surface area contributed by atoms with E-state index < -0.39 is 16.1 Å². The van der Waals surface area contributed by atoms with Gasteiger partial charge in [0, 0.05) is 18.1 Å². The van der Waals surface area contributed by atoms with Gasteiger partial charge in [-0.1, -0.05) is 12.5 Å². The van der Waals surface area contributed by atoms with Crippen molar-refractivity contribution in [1.29, 1.82) is 0 Å². The first-order valence-electron chi connectivity index (χ1n) is 6.85. The third kappa shape index (κ3) is 3.07. The van der Waals surface area contributed by atoms with E-state index in [1.54, 1.807) is 29.1 Å². The summed E-state index contributed by atoms with van der Waals surface area (Å²) >= 11 is 2.48. The van der Waals surface area contributed by atoms with Gasteiger partial charge in [0.25, 0.3) is 10.0 Å². The quantitative estimate of drug-likeness (QED) is 0.911. The number of rotatable bonds is 4. The number of hydrogen-bond donors (Lipinski definition) is 1. The van der Waals surface area contributed by atoms with E-state index in [1.807, 2.05) is 0 Å². The van der Waals surface area contributed by atoms with Crippen LogP contribution in [-0.4, -0.2) is 36.2 Å². The maximum atomic E-state index is 12.7. The zero-order chi connectivity index (χ0) is 15.6. The molecule has 3 rings (SSSR count). The lowest BCUT2D eigenvalue weighted by atomic mass is 10.0. The van der Waals surface area contributed by atoms with Crippen LogP contribution >= 0.6 is 22.7 Å². The minimum atomic E-state index is -3.62. The van der Waals surface area contributed by atoms with Crippen LogP contribution in [0.1, 0.15) is 19.3 Å². The molecule has 6 nitrogen and oxygen atoms in total. The first kappa shape index (κ1) is 15.6. The Morgan fingerprint density at radius 2 is 2.18 bits per heavy atom. The molecule has 0 saturated carbocycles. The standard InChI is InChI=1S/C13H15N3O3S3/c17-12(15-13-14-6-9-21-13)10-4-1-2-7-16(10)22(18,19)11-5-3-8-20-11/h3,5-6,8-10H,1-2,4,7H2,(H,14,15,17)/t10-/m1/s1. The summed E-state index contributed by atoms with van der Waals surface area (Å²) in [6.07, 6.45) is 3.74. The lowest BCUT2D eigenvalue weighted by molar-refractivity contribution is -0.120. The largest absolute Gasteiger partial charge is 0.301 e. The highest BCUT2D eigenvalue weighted by atomic mass is 32.2. The maximum absolute atomic E-state index is 12.7. The summed E-state index contributed by atoms with van der Waals surface area (Å²) < 4.78 is 27.0. The molecule has 1 saturated heterocycles. The van der Waals surface area contributed by atoms with Gasteiger partial charge in [-0.25, -0.2) is 13.4 Å². The van der Waals surface area contributed by atoms with Crippen molar-refractivity contribution in [3.63, 3.8) is 0 Å². The van der Waals surface area contributed by atoms with Gasteiger partial charge >= 0.3 is 0 Å². The molecule has 2 aromatic rings. The van der Waals surface area contributed by atoms with Crippen molar-refractivity contribution in [2.45, 2.75) is 29.5 Å². The molecule has 1 fully saturated rings. The first-order chi connectivity index (χ1) is 10.6. The number of amides is 1. The molecule has 0 aliphatic carbocycles. The van der Waals surface area contributed by atoms with Crippen molar-refractivity contribution in [2.75, 3.05) is 11.9 Å². The Kier molecular flexibility index (Phi) is 4.57. The van der Waals surface area contributed by atoms with E-state index in [2.05, 4.69) is 10.3 Å². The van der Waals surface area contributed by atoms with Crippen molar-refractivity contribution < 1.29 is 13.2 Å². The molecule has 1 N–H and O–H groups in total. The number of aromatic nitrogens is 1. The van der Waals surface area contributed by atoms with Crippen LogP contribution in [0.25, 0.3) is 0 Å². The number of hydrogen-bond acceptors (Lipinski definition) is 6. The summed E-state index contributed by atoms with van der Waals surface area (Å²) in [6.45, 7) is 0.371. The van der Waals surface area contributed by atoms with Crippen molar-refractivity contribution >= 4 is 43.7 Å². The Morgan fingerprint density at radius 1 is 1.32 bits per heavy atom. The predicted molar refractivity (Wildman–Crippen MR) is 86.6 cm³/mol. The summed E-state index contributed by atoms with van der Waals surface area (Å²) in [5.74, 6) is -0.310. The molecule has 1 atom stereocenters. The van der Waals surface area contributed by atoms with Crippen LogP contribution in [-0.2, 0) is 14.8 Å². The summed E-state index contributed by atoms with van der Waals surface area (Å²) in [5.41, 5.74) is 0. The van der Waals surface area contributed by atoms with Crippen LogP contribution in [0, 0.1) is 0 Å². The van der Waals surface area contributed by atoms with Gasteiger partial charge in [0.05, 0.1) is 0 Å². The molecule has 1 aliphatic heterocycles. The van der Waals surface area contributed by atoms with Gasteiger partial charge in [0.15, 0.2) is 5.13 Å². The fourth-order valence-corrected chi connectivity index (χ4v) is 5.76. The van der Waals surface area contributed by atoms with Gasteiger partial charge in [-0.2, -0.15) is 4.31 Å². The second-order valence-corrected chi connectivity index (χ2v) is 8.85. The fourth-order valence-electron chi connectivity index (χ4n) is 2.45. The third-order valence-corrected chi connectivity index (χ3v) is 7.45. The van der Waals surface area contributed by atoms with Crippen LogP contribution in [0.4, 0.5) is 5.13 Å². The summed E-state index contributed by atoms with van der Waals surface area (Å²) in [5, 5.41) is 6.68. The van der Waals surface area contributed by atoms with Crippen molar-refractivity contribution in [1.82, 2.24) is 9.29 Å². The molecular weight excluding hydrogens is 342 g/mol. The highest BCUT2D eigenvalue weighted by Crippen LogP contribution is 2.28. The zero-order valence-electron chi connectivity index (χ0n) is 11.6. The number of thiophene rings is 1. The molecule has 0 aromatic carbocycles. The molecule has 0 spiro atoms. The summed E-state index contributed by atoms with van der Waals surface area (Å²) in [4.78, 5) is 16.5. The zero-order valence-corrected chi connectivity index (χ0v) is 14.1. The molecule has 2 aromatic heterocycles. The number of sulfonamides is 1. The number of carbonyl (C=O) groups is 1. The molecule has 0 unspecified atom stereocenters. The predicted octanol–water partition coefficient (Wildman–Crippen LogP) is 2.39. The van der Waals surface area contributed by atoms with Gasteiger partial charge < -0.3 is 5.32 Å². The van der Waals surface area contributed by atoms with Gasteiger partial charge in [0.2, 0.25) is 5.91 Å². The average molecular weight is 357 g/mol. The van der Waals surface area contributed by atoms with Crippen LogP contribution < -0.4 is 5.32 Å². The van der Waals surface area contributed by atoms with Crippen LogP contribution in [0.5, 0.6) is 0 Å². The maximum Gasteiger partial charge on any atom is 0.253 e. The molecule has 118 valence electrons. The van der Waals surface area contributed by atoms with Crippen molar-refractivity contribution in [2.24, 2.45) is 0 Å². The fraction of sp³-hybridized carbons (Fsp3) is 0.385. The van der Waals surface area contributed by atoms with Gasteiger partial charge in [-0.3, -0.25) is 4.79 Å². The molecular formula is C13H15N3O3S3. The Balaban J connectivity index is 1.84. The Morgan fingerprint density at radius 3 is 2.86 bits per heavy atom. The number of carbonyl (C=O) groups excluding carboxylic acids is 1. The van der Waals surface area contributed by atoms with Gasteiger partial charge in [0.1, 0.15) is 10.3 Å². The molecule has 0 bridgehead atoms. The molecule has 1 aliphatic rings. The van der Waals surface area contributed by atoms with E-state index in [0.29, 0.717) is 18.1 Å². The molecule has 22 heavy (non-hydrogen) atoms. The summed E-state index contributed by atoms with van der Waals surface area (Å²) in [7, 11) is -3.62. The first-order valence-corrected chi connectivity index (χ1v) is 10.0. The average Bonchev–Trinajstić information content (AvgIpc) is 3.20. The highest BCUT2D eigenvalue weighted by Gasteiger charge is 2.38. The normalized spacial score (nSPS) is 19.9. The molecule has 1 amide bonds. The van der Waals surface area contributed by atoms with Crippen LogP contribution in [0.15, 0.2) is 33.3 Å². The molecule has 3 heterocycles. The molecule has 0 radical (unpaired) electrons. The number of nitrogens with one attached hydrogen (secondary N) is 1. The number of anilines is 1. The van der Waals surface area contributed by atoms with E-state index in [1.165, 1.54) is 27.0 Å². The minimum Gasteiger partial charge on any atom is -0.301 e. The lowest BCUT2D eigenvalue weighted by Crippen LogP contribution is -2.49.